The Bertz CT molecular complexity index is 838. The van der Waals surface area contributed by atoms with Crippen LogP contribution in [0.3, 0.4) is 0 Å². The summed E-state index contributed by atoms with van der Waals surface area (Å²) in [5.41, 5.74) is 3.09. The van der Waals surface area contributed by atoms with Gasteiger partial charge in [0.15, 0.2) is 11.9 Å². The third-order valence-electron chi connectivity index (χ3n) is 8.93. The molecule has 0 aliphatic heterocycles. The van der Waals surface area contributed by atoms with E-state index in [4.69, 9.17) is 0 Å². The van der Waals surface area contributed by atoms with Crippen molar-refractivity contribution in [3.8, 4) is 0 Å². The SMILES string of the molecule is CCCCCCCCCCCCCCc1c[n+](C)c(CCCCCCCCCCCCCC)c2ccccc12. The predicted octanol–water partition coefficient (Wildman–Crippen LogP) is 12.2. The lowest BCUT2D eigenvalue weighted by Crippen LogP contribution is -2.34. The number of aryl methyl sites for hydroxylation is 3. The van der Waals surface area contributed by atoms with Crippen molar-refractivity contribution in [1.29, 1.82) is 0 Å². The Morgan fingerprint density at radius 3 is 1.23 bits per heavy atom. The van der Waals surface area contributed by atoms with Crippen molar-refractivity contribution in [1.82, 2.24) is 0 Å². The van der Waals surface area contributed by atoms with Gasteiger partial charge in [0, 0.05) is 17.4 Å². The zero-order valence-corrected chi connectivity index (χ0v) is 26.7. The van der Waals surface area contributed by atoms with Crippen LogP contribution in [0.1, 0.15) is 179 Å². The van der Waals surface area contributed by atoms with Gasteiger partial charge < -0.3 is 0 Å². The topological polar surface area (TPSA) is 3.88 Å². The first-order chi connectivity index (χ1) is 19.3. The molecule has 0 fully saturated rings. The standard InChI is InChI=1S/C38H66N/c1-4-6-8-10-12-14-16-18-20-22-24-26-30-35-34-39(3)38(37-32-29-28-31-36(35)37)33-27-25-23-21-19-17-15-13-11-9-7-5-2/h28-29,31-32,34H,4-27,30,33H2,1-3H3/q+1. The molecular weight excluding hydrogens is 470 g/mol. The molecule has 1 aromatic heterocycles. The number of unbranched alkanes of at least 4 members (excludes halogenated alkanes) is 22. The van der Waals surface area contributed by atoms with E-state index in [-0.39, 0.29) is 0 Å². The van der Waals surface area contributed by atoms with Gasteiger partial charge in [-0.25, -0.2) is 4.57 Å². The fraction of sp³-hybridized carbons (Fsp3) is 0.763. The summed E-state index contributed by atoms with van der Waals surface area (Å²) in [5, 5.41) is 3.01. The highest BCUT2D eigenvalue weighted by Gasteiger charge is 2.15. The molecule has 1 aromatic carbocycles. The minimum absolute atomic E-state index is 1.22. The maximum Gasteiger partial charge on any atom is 0.188 e. The molecule has 1 heteroatoms. The van der Waals surface area contributed by atoms with E-state index in [1.54, 1.807) is 5.56 Å². The summed E-state index contributed by atoms with van der Waals surface area (Å²) in [6, 6.07) is 9.22. The van der Waals surface area contributed by atoms with E-state index in [1.807, 2.05) is 0 Å². The largest absolute Gasteiger partial charge is 0.204 e. The molecule has 222 valence electrons. The van der Waals surface area contributed by atoms with Gasteiger partial charge in [-0.1, -0.05) is 173 Å². The molecule has 0 saturated heterocycles. The van der Waals surface area contributed by atoms with Crippen LogP contribution in [-0.2, 0) is 19.9 Å². The molecule has 2 aromatic rings. The van der Waals surface area contributed by atoms with E-state index in [0.717, 1.165) is 0 Å². The van der Waals surface area contributed by atoms with Crippen molar-refractivity contribution in [2.24, 2.45) is 7.05 Å². The second-order valence-electron chi connectivity index (χ2n) is 12.5. The molecule has 1 nitrogen and oxygen atoms in total. The van der Waals surface area contributed by atoms with Crippen LogP contribution in [-0.4, -0.2) is 0 Å². The lowest BCUT2D eigenvalue weighted by Gasteiger charge is -2.10. The van der Waals surface area contributed by atoms with E-state index in [0.29, 0.717) is 0 Å². The molecule has 0 spiro atoms. The highest BCUT2D eigenvalue weighted by atomic mass is 14.9. The molecule has 0 saturated carbocycles. The number of fused-ring (bicyclic) bond motifs is 1. The fourth-order valence-electron chi connectivity index (χ4n) is 6.39. The van der Waals surface area contributed by atoms with Gasteiger partial charge >= 0.3 is 0 Å². The monoisotopic (exact) mass is 537 g/mol. The van der Waals surface area contributed by atoms with E-state index in [2.05, 4.69) is 55.9 Å². The van der Waals surface area contributed by atoms with Crippen LogP contribution in [0.15, 0.2) is 30.5 Å². The molecule has 0 N–H and O–H groups in total. The van der Waals surface area contributed by atoms with E-state index in [1.165, 1.54) is 183 Å². The number of nitrogens with zero attached hydrogens (tertiary/aromatic N) is 1. The Balaban J connectivity index is 1.62. The number of hydrogen-bond donors (Lipinski definition) is 0. The summed E-state index contributed by atoms with van der Waals surface area (Å²) in [4.78, 5) is 0. The van der Waals surface area contributed by atoms with Crippen LogP contribution in [0.4, 0.5) is 0 Å². The molecule has 0 aliphatic rings. The van der Waals surface area contributed by atoms with Crippen molar-refractivity contribution in [2.75, 3.05) is 0 Å². The third kappa shape index (κ3) is 15.3. The number of rotatable bonds is 26. The normalized spacial score (nSPS) is 11.6. The molecule has 0 atom stereocenters. The average molecular weight is 537 g/mol. The zero-order valence-electron chi connectivity index (χ0n) is 26.7. The second kappa shape index (κ2) is 23.3. The van der Waals surface area contributed by atoms with Crippen molar-refractivity contribution >= 4 is 10.8 Å². The molecule has 0 bridgehead atoms. The second-order valence-corrected chi connectivity index (χ2v) is 12.5. The van der Waals surface area contributed by atoms with Gasteiger partial charge in [-0.2, -0.15) is 0 Å². The molecule has 0 radical (unpaired) electrons. The summed E-state index contributed by atoms with van der Waals surface area (Å²) in [6.45, 7) is 4.61. The molecule has 1 heterocycles. The lowest BCUT2D eigenvalue weighted by atomic mass is 9.97. The summed E-state index contributed by atoms with van der Waals surface area (Å²) in [6.07, 6.45) is 39.0. The van der Waals surface area contributed by atoms with Crippen molar-refractivity contribution < 1.29 is 4.57 Å². The molecule has 0 unspecified atom stereocenters. The summed E-state index contributed by atoms with van der Waals surface area (Å²) in [5.74, 6) is 0. The van der Waals surface area contributed by atoms with Crippen LogP contribution >= 0.6 is 0 Å². The minimum atomic E-state index is 1.22. The molecule has 2 rings (SSSR count). The van der Waals surface area contributed by atoms with Crippen molar-refractivity contribution in [2.45, 2.75) is 181 Å². The van der Waals surface area contributed by atoms with Gasteiger partial charge in [0.25, 0.3) is 0 Å². The Kier molecular flexibility index (Phi) is 20.3. The minimum Gasteiger partial charge on any atom is -0.204 e. The summed E-state index contributed by atoms with van der Waals surface area (Å²) < 4.78 is 2.46. The first-order valence-corrected chi connectivity index (χ1v) is 17.7. The summed E-state index contributed by atoms with van der Waals surface area (Å²) in [7, 11) is 2.29. The number of hydrogen-bond acceptors (Lipinski definition) is 0. The van der Waals surface area contributed by atoms with Gasteiger partial charge in [0.05, 0.1) is 0 Å². The smallest absolute Gasteiger partial charge is 0.188 e. The number of pyridine rings is 1. The Morgan fingerprint density at radius 1 is 0.436 bits per heavy atom. The van der Waals surface area contributed by atoms with Gasteiger partial charge in [-0.15, -0.1) is 0 Å². The van der Waals surface area contributed by atoms with Crippen LogP contribution in [0.2, 0.25) is 0 Å². The van der Waals surface area contributed by atoms with Gasteiger partial charge in [-0.05, 0) is 30.7 Å². The van der Waals surface area contributed by atoms with E-state index >= 15 is 0 Å². The van der Waals surface area contributed by atoms with E-state index < -0.39 is 0 Å². The fourth-order valence-corrected chi connectivity index (χ4v) is 6.39. The molecule has 0 aliphatic carbocycles. The zero-order chi connectivity index (χ0) is 27.8. The number of aromatic nitrogens is 1. The first-order valence-electron chi connectivity index (χ1n) is 17.7. The molecular formula is C38H66N+. The highest BCUT2D eigenvalue weighted by Crippen LogP contribution is 2.24. The molecule has 39 heavy (non-hydrogen) atoms. The average Bonchev–Trinajstić information content (AvgIpc) is 2.95. The highest BCUT2D eigenvalue weighted by molar-refractivity contribution is 5.86. The van der Waals surface area contributed by atoms with Crippen molar-refractivity contribution in [3.63, 3.8) is 0 Å². The predicted molar refractivity (Wildman–Crippen MR) is 175 cm³/mol. The quantitative estimate of drug-likeness (QED) is 0.0831. The van der Waals surface area contributed by atoms with Gasteiger partial charge in [-0.3, -0.25) is 0 Å². The van der Waals surface area contributed by atoms with Crippen molar-refractivity contribution in [3.05, 3.63) is 41.7 Å². The Hall–Kier alpha value is -1.37. The third-order valence-corrected chi connectivity index (χ3v) is 8.93. The lowest BCUT2D eigenvalue weighted by molar-refractivity contribution is -0.678. The summed E-state index contributed by atoms with van der Waals surface area (Å²) >= 11 is 0. The molecule has 0 amide bonds. The van der Waals surface area contributed by atoms with Crippen LogP contribution in [0.5, 0.6) is 0 Å². The van der Waals surface area contributed by atoms with Crippen LogP contribution < -0.4 is 4.57 Å². The maximum atomic E-state index is 2.46. The maximum absolute atomic E-state index is 2.46. The van der Waals surface area contributed by atoms with Gasteiger partial charge in [0.2, 0.25) is 0 Å². The van der Waals surface area contributed by atoms with Gasteiger partial charge in [0.1, 0.15) is 7.05 Å². The Labute approximate surface area is 244 Å². The first kappa shape index (κ1) is 33.8. The van der Waals surface area contributed by atoms with Crippen LogP contribution in [0.25, 0.3) is 10.8 Å². The van der Waals surface area contributed by atoms with E-state index in [9.17, 15) is 0 Å². The number of benzene rings is 1. The Morgan fingerprint density at radius 2 is 0.795 bits per heavy atom. The van der Waals surface area contributed by atoms with Crippen LogP contribution in [0, 0.1) is 0 Å².